The molecular formula is C16H14ClFN2O. The van der Waals surface area contributed by atoms with Gasteiger partial charge in [-0.25, -0.2) is 9.37 Å². The third-order valence-electron chi connectivity index (χ3n) is 3.39. The summed E-state index contributed by atoms with van der Waals surface area (Å²) >= 11 is 5.97. The third-order valence-corrected chi connectivity index (χ3v) is 3.63. The lowest BCUT2D eigenvalue weighted by Crippen LogP contribution is -2.02. The van der Waals surface area contributed by atoms with Crippen LogP contribution in [0.5, 0.6) is 5.75 Å². The van der Waals surface area contributed by atoms with Gasteiger partial charge in [-0.3, -0.25) is 4.57 Å². The molecule has 0 aliphatic carbocycles. The smallest absolute Gasteiger partial charge is 0.147 e. The highest BCUT2D eigenvalue weighted by molar-refractivity contribution is 6.17. The van der Waals surface area contributed by atoms with Gasteiger partial charge in [0.05, 0.1) is 29.7 Å². The molecule has 0 bridgehead atoms. The standard InChI is InChI=1S/C16H14ClFN2O/c1-10-3-6-14(12(18)7-10)20-15-8-11(21-2)4-5-13(15)19-16(20)9-17/h3-8H,9H2,1-2H3. The van der Waals surface area contributed by atoms with Gasteiger partial charge in [-0.1, -0.05) is 6.07 Å². The fraction of sp³-hybridized carbons (Fsp3) is 0.188. The van der Waals surface area contributed by atoms with E-state index in [1.807, 2.05) is 31.2 Å². The van der Waals surface area contributed by atoms with Crippen LogP contribution in [0.15, 0.2) is 36.4 Å². The second kappa shape index (κ2) is 5.37. The van der Waals surface area contributed by atoms with Gasteiger partial charge >= 0.3 is 0 Å². The summed E-state index contributed by atoms with van der Waals surface area (Å²) in [7, 11) is 1.59. The Bertz CT molecular complexity index is 813. The van der Waals surface area contributed by atoms with Crippen molar-refractivity contribution in [2.24, 2.45) is 0 Å². The number of ether oxygens (including phenoxy) is 1. The summed E-state index contributed by atoms with van der Waals surface area (Å²) in [5, 5.41) is 0. The van der Waals surface area contributed by atoms with Crippen LogP contribution in [0.3, 0.4) is 0 Å². The molecule has 3 rings (SSSR count). The van der Waals surface area contributed by atoms with Crippen LogP contribution >= 0.6 is 11.6 Å². The van der Waals surface area contributed by atoms with Crippen molar-refractivity contribution in [1.29, 1.82) is 0 Å². The molecule has 5 heteroatoms. The number of aromatic nitrogens is 2. The third kappa shape index (κ3) is 2.36. The fourth-order valence-corrected chi connectivity index (χ4v) is 2.56. The molecule has 21 heavy (non-hydrogen) atoms. The zero-order chi connectivity index (χ0) is 15.0. The lowest BCUT2D eigenvalue weighted by Gasteiger charge is -2.10. The summed E-state index contributed by atoms with van der Waals surface area (Å²) < 4.78 is 21.3. The Hall–Kier alpha value is -2.07. The SMILES string of the molecule is COc1ccc2nc(CCl)n(-c3ccc(C)cc3F)c2c1. The zero-order valence-electron chi connectivity index (χ0n) is 11.7. The van der Waals surface area contributed by atoms with E-state index >= 15 is 0 Å². The normalized spacial score (nSPS) is 11.0. The summed E-state index contributed by atoms with van der Waals surface area (Å²) in [6.07, 6.45) is 0. The van der Waals surface area contributed by atoms with Crippen molar-refractivity contribution in [3.05, 3.63) is 53.6 Å². The maximum absolute atomic E-state index is 14.3. The van der Waals surface area contributed by atoms with Crippen molar-refractivity contribution in [3.8, 4) is 11.4 Å². The minimum Gasteiger partial charge on any atom is -0.497 e. The van der Waals surface area contributed by atoms with Gasteiger partial charge in [0.2, 0.25) is 0 Å². The highest BCUT2D eigenvalue weighted by Gasteiger charge is 2.15. The van der Waals surface area contributed by atoms with Crippen LogP contribution in [0.1, 0.15) is 11.4 Å². The molecule has 0 atom stereocenters. The molecule has 2 aromatic carbocycles. The van der Waals surface area contributed by atoms with Crippen LogP contribution in [0, 0.1) is 12.7 Å². The van der Waals surface area contributed by atoms with E-state index in [-0.39, 0.29) is 11.7 Å². The van der Waals surface area contributed by atoms with Gasteiger partial charge in [0.25, 0.3) is 0 Å². The van der Waals surface area contributed by atoms with Gasteiger partial charge in [0, 0.05) is 6.07 Å². The van der Waals surface area contributed by atoms with Crippen molar-refractivity contribution in [2.75, 3.05) is 7.11 Å². The molecule has 0 amide bonds. The van der Waals surface area contributed by atoms with E-state index in [4.69, 9.17) is 16.3 Å². The summed E-state index contributed by atoms with van der Waals surface area (Å²) in [5.74, 6) is 1.19. The first-order valence-corrected chi connectivity index (χ1v) is 7.05. The van der Waals surface area contributed by atoms with Crippen LogP contribution in [-0.2, 0) is 5.88 Å². The molecule has 0 unspecified atom stereocenters. The lowest BCUT2D eigenvalue weighted by molar-refractivity contribution is 0.415. The van der Waals surface area contributed by atoms with Crippen LogP contribution < -0.4 is 4.74 Å². The van der Waals surface area contributed by atoms with Crippen molar-refractivity contribution in [1.82, 2.24) is 9.55 Å². The second-order valence-corrected chi connectivity index (χ2v) is 5.07. The highest BCUT2D eigenvalue weighted by Crippen LogP contribution is 2.27. The largest absolute Gasteiger partial charge is 0.497 e. The van der Waals surface area contributed by atoms with Crippen molar-refractivity contribution in [3.63, 3.8) is 0 Å². The summed E-state index contributed by atoms with van der Waals surface area (Å²) in [5.41, 5.74) is 2.83. The Morgan fingerprint density at radius 1 is 1.24 bits per heavy atom. The van der Waals surface area contributed by atoms with E-state index < -0.39 is 0 Å². The molecule has 0 radical (unpaired) electrons. The predicted molar refractivity (Wildman–Crippen MR) is 81.9 cm³/mol. The lowest BCUT2D eigenvalue weighted by atomic mass is 10.2. The van der Waals surface area contributed by atoms with Gasteiger partial charge in [0.1, 0.15) is 17.4 Å². The van der Waals surface area contributed by atoms with Gasteiger partial charge in [0.15, 0.2) is 0 Å². The molecule has 0 saturated heterocycles. The summed E-state index contributed by atoms with van der Waals surface area (Å²) in [4.78, 5) is 4.46. The molecule has 0 spiro atoms. The number of rotatable bonds is 3. The van der Waals surface area contributed by atoms with Gasteiger partial charge in [-0.15, -0.1) is 11.6 Å². The number of fused-ring (bicyclic) bond motifs is 1. The van der Waals surface area contributed by atoms with Gasteiger partial charge < -0.3 is 4.74 Å². The molecule has 0 fully saturated rings. The zero-order valence-corrected chi connectivity index (χ0v) is 12.5. The average molecular weight is 305 g/mol. The number of nitrogens with zero attached hydrogens (tertiary/aromatic N) is 2. The molecule has 0 N–H and O–H groups in total. The van der Waals surface area contributed by atoms with Crippen LogP contribution in [0.4, 0.5) is 4.39 Å². The maximum atomic E-state index is 14.3. The first kappa shape index (κ1) is 13.9. The maximum Gasteiger partial charge on any atom is 0.147 e. The van der Waals surface area contributed by atoms with E-state index in [9.17, 15) is 4.39 Å². The second-order valence-electron chi connectivity index (χ2n) is 4.81. The molecular weight excluding hydrogens is 291 g/mol. The van der Waals surface area contributed by atoms with E-state index in [1.54, 1.807) is 17.7 Å². The number of hydrogen-bond acceptors (Lipinski definition) is 2. The van der Waals surface area contributed by atoms with E-state index in [0.29, 0.717) is 17.3 Å². The number of benzene rings is 2. The first-order valence-electron chi connectivity index (χ1n) is 6.52. The van der Waals surface area contributed by atoms with E-state index in [2.05, 4.69) is 4.98 Å². The molecule has 3 nitrogen and oxygen atoms in total. The van der Waals surface area contributed by atoms with Gasteiger partial charge in [-0.2, -0.15) is 0 Å². The van der Waals surface area contributed by atoms with Crippen LogP contribution in [-0.4, -0.2) is 16.7 Å². The Kier molecular flexibility index (Phi) is 3.55. The molecule has 0 aliphatic rings. The average Bonchev–Trinajstić information content (AvgIpc) is 2.84. The molecule has 1 heterocycles. The highest BCUT2D eigenvalue weighted by atomic mass is 35.5. The fourth-order valence-electron chi connectivity index (χ4n) is 2.38. The molecule has 1 aromatic heterocycles. The number of halogens is 2. The Morgan fingerprint density at radius 3 is 2.71 bits per heavy atom. The number of imidazole rings is 1. The Labute approximate surface area is 126 Å². The number of methoxy groups -OCH3 is 1. The van der Waals surface area contributed by atoms with E-state index in [1.165, 1.54) is 6.07 Å². The van der Waals surface area contributed by atoms with E-state index in [0.717, 1.165) is 16.6 Å². The Morgan fingerprint density at radius 2 is 2.05 bits per heavy atom. The molecule has 108 valence electrons. The molecule has 3 aromatic rings. The predicted octanol–water partition coefficient (Wildman–Crippen LogP) is 4.22. The number of aryl methyl sites for hydroxylation is 1. The van der Waals surface area contributed by atoms with Crippen molar-refractivity contribution in [2.45, 2.75) is 12.8 Å². The monoisotopic (exact) mass is 304 g/mol. The molecule has 0 saturated carbocycles. The van der Waals surface area contributed by atoms with Gasteiger partial charge in [-0.05, 0) is 36.8 Å². The minimum absolute atomic E-state index is 0.199. The number of alkyl halides is 1. The number of hydrogen-bond donors (Lipinski definition) is 0. The van der Waals surface area contributed by atoms with Crippen LogP contribution in [0.2, 0.25) is 0 Å². The van der Waals surface area contributed by atoms with Crippen molar-refractivity contribution >= 4 is 22.6 Å². The molecule has 0 aliphatic heterocycles. The van der Waals surface area contributed by atoms with Crippen molar-refractivity contribution < 1.29 is 9.13 Å². The topological polar surface area (TPSA) is 27.1 Å². The summed E-state index contributed by atoms with van der Waals surface area (Å²) in [6.45, 7) is 1.85. The summed E-state index contributed by atoms with van der Waals surface area (Å²) in [6, 6.07) is 10.6. The minimum atomic E-state index is -0.302. The quantitative estimate of drug-likeness (QED) is 0.677. The first-order chi connectivity index (χ1) is 10.1. The van der Waals surface area contributed by atoms with Crippen LogP contribution in [0.25, 0.3) is 16.7 Å². The Balaban J connectivity index is 2.33.